The van der Waals surface area contributed by atoms with E-state index in [1.54, 1.807) is 4.90 Å². The Morgan fingerprint density at radius 1 is 1.47 bits per heavy atom. The maximum atomic E-state index is 11.8. The second kappa shape index (κ2) is 4.11. The number of aliphatic hydroxyl groups excluding tert-OH is 1. The van der Waals surface area contributed by atoms with Crippen LogP contribution in [0.1, 0.15) is 22.6 Å². The van der Waals surface area contributed by atoms with E-state index in [1.807, 2.05) is 0 Å². The first kappa shape index (κ1) is 10.3. The van der Waals surface area contributed by atoms with Gasteiger partial charge in [-0.1, -0.05) is 11.3 Å². The summed E-state index contributed by atoms with van der Waals surface area (Å²) >= 11 is 1.09. The fraction of sp³-hybridized carbons (Fsp3) is 0.625. The highest BCUT2D eigenvalue weighted by Gasteiger charge is 2.24. The predicted molar refractivity (Wildman–Crippen MR) is 55.5 cm³/mol. The largest absolute Gasteiger partial charge is 0.393 e. The summed E-state index contributed by atoms with van der Waals surface area (Å²) in [4.78, 5) is 13.5. The van der Waals surface area contributed by atoms with Crippen molar-refractivity contribution in [2.24, 2.45) is 0 Å². The number of aromatic nitrogens is 2. The van der Waals surface area contributed by atoms with Gasteiger partial charge in [-0.2, -0.15) is 0 Å². The summed E-state index contributed by atoms with van der Waals surface area (Å²) in [5.74, 6) is -0.142. The van der Waals surface area contributed by atoms with E-state index in [4.69, 9.17) is 5.73 Å². The third-order valence-electron chi connectivity index (χ3n) is 2.38. The van der Waals surface area contributed by atoms with Crippen LogP contribution in [-0.4, -0.2) is 45.3 Å². The Morgan fingerprint density at radius 2 is 2.13 bits per heavy atom. The van der Waals surface area contributed by atoms with Crippen molar-refractivity contribution in [2.45, 2.75) is 18.9 Å². The molecule has 1 saturated heterocycles. The van der Waals surface area contributed by atoms with Gasteiger partial charge in [0.1, 0.15) is 0 Å². The van der Waals surface area contributed by atoms with Crippen LogP contribution in [0.15, 0.2) is 0 Å². The number of aliphatic hydroxyl groups is 1. The first-order valence-electron chi connectivity index (χ1n) is 4.73. The van der Waals surface area contributed by atoms with Gasteiger partial charge < -0.3 is 15.7 Å². The number of nitrogen functional groups attached to an aromatic ring is 1. The van der Waals surface area contributed by atoms with Crippen LogP contribution in [0.25, 0.3) is 0 Å². The van der Waals surface area contributed by atoms with E-state index in [0.717, 1.165) is 11.3 Å². The Morgan fingerprint density at radius 3 is 2.67 bits per heavy atom. The minimum atomic E-state index is -0.284. The molecule has 2 rings (SSSR count). The zero-order valence-electron chi connectivity index (χ0n) is 8.09. The molecule has 15 heavy (non-hydrogen) atoms. The third kappa shape index (κ3) is 2.24. The van der Waals surface area contributed by atoms with Crippen LogP contribution in [-0.2, 0) is 0 Å². The van der Waals surface area contributed by atoms with Gasteiger partial charge in [-0.25, -0.2) is 0 Å². The minimum absolute atomic E-state index is 0.142. The first-order valence-corrected chi connectivity index (χ1v) is 5.55. The Bertz CT molecular complexity index is 359. The molecule has 1 aromatic rings. The lowest BCUT2D eigenvalue weighted by Gasteiger charge is -2.28. The van der Waals surface area contributed by atoms with Crippen molar-refractivity contribution < 1.29 is 9.90 Å². The van der Waals surface area contributed by atoms with E-state index < -0.39 is 0 Å². The number of nitrogens with two attached hydrogens (primary N) is 1. The highest BCUT2D eigenvalue weighted by molar-refractivity contribution is 7.16. The molecule has 0 unspecified atom stereocenters. The van der Waals surface area contributed by atoms with E-state index in [9.17, 15) is 9.90 Å². The van der Waals surface area contributed by atoms with Gasteiger partial charge in [0.15, 0.2) is 0 Å². The van der Waals surface area contributed by atoms with Crippen molar-refractivity contribution in [2.75, 3.05) is 18.8 Å². The van der Waals surface area contributed by atoms with Crippen LogP contribution in [0.5, 0.6) is 0 Å². The van der Waals surface area contributed by atoms with Gasteiger partial charge in [-0.3, -0.25) is 4.79 Å². The number of hydrogen-bond acceptors (Lipinski definition) is 6. The second-order valence-electron chi connectivity index (χ2n) is 3.47. The van der Waals surface area contributed by atoms with Gasteiger partial charge in [-0.15, -0.1) is 10.2 Å². The normalized spacial score (nSPS) is 18.1. The molecule has 6 nitrogen and oxygen atoms in total. The number of anilines is 1. The topological polar surface area (TPSA) is 92.3 Å². The lowest BCUT2D eigenvalue weighted by Crippen LogP contribution is -2.40. The zero-order valence-corrected chi connectivity index (χ0v) is 8.90. The molecule has 82 valence electrons. The number of amides is 1. The summed E-state index contributed by atoms with van der Waals surface area (Å²) in [6.07, 6.45) is 0.966. The van der Waals surface area contributed by atoms with Gasteiger partial charge in [0.05, 0.1) is 6.10 Å². The molecule has 0 aliphatic carbocycles. The van der Waals surface area contributed by atoms with Crippen molar-refractivity contribution in [3.63, 3.8) is 0 Å². The van der Waals surface area contributed by atoms with Crippen molar-refractivity contribution in [1.29, 1.82) is 0 Å². The second-order valence-corrected chi connectivity index (χ2v) is 4.48. The van der Waals surface area contributed by atoms with Crippen molar-refractivity contribution in [3.05, 3.63) is 5.01 Å². The molecule has 1 amide bonds. The molecule has 2 heterocycles. The van der Waals surface area contributed by atoms with Crippen LogP contribution in [0.2, 0.25) is 0 Å². The molecule has 0 radical (unpaired) electrons. The van der Waals surface area contributed by atoms with Crippen LogP contribution in [0.4, 0.5) is 5.13 Å². The summed E-state index contributed by atoms with van der Waals surface area (Å²) in [5, 5.41) is 17.2. The molecule has 0 saturated carbocycles. The molecular formula is C8H12N4O2S. The smallest absolute Gasteiger partial charge is 0.284 e. The molecule has 0 aromatic carbocycles. The van der Waals surface area contributed by atoms with Crippen molar-refractivity contribution >= 4 is 22.4 Å². The van der Waals surface area contributed by atoms with Gasteiger partial charge >= 0.3 is 0 Å². The van der Waals surface area contributed by atoms with Crippen molar-refractivity contribution in [1.82, 2.24) is 15.1 Å². The van der Waals surface area contributed by atoms with Crippen LogP contribution in [0, 0.1) is 0 Å². The van der Waals surface area contributed by atoms with E-state index in [-0.39, 0.29) is 12.0 Å². The lowest BCUT2D eigenvalue weighted by molar-refractivity contribution is 0.0545. The molecule has 3 N–H and O–H groups in total. The maximum Gasteiger partial charge on any atom is 0.284 e. The zero-order chi connectivity index (χ0) is 10.8. The molecule has 1 aliphatic rings. The lowest BCUT2D eigenvalue weighted by atomic mass is 10.1. The number of carbonyl (C=O) groups excluding carboxylic acids is 1. The van der Waals surface area contributed by atoms with Gasteiger partial charge in [-0.05, 0) is 12.8 Å². The predicted octanol–water partition coefficient (Wildman–Crippen LogP) is -0.283. The summed E-state index contributed by atoms with van der Waals surface area (Å²) in [6, 6.07) is 0. The van der Waals surface area contributed by atoms with E-state index in [0.29, 0.717) is 36.1 Å². The standard InChI is InChI=1S/C8H12N4O2S/c9-8-11-10-6(15-8)7(14)12-3-1-5(13)2-4-12/h5,13H,1-4H2,(H2,9,11). The van der Waals surface area contributed by atoms with Gasteiger partial charge in [0.2, 0.25) is 10.1 Å². The van der Waals surface area contributed by atoms with E-state index in [2.05, 4.69) is 10.2 Å². The molecule has 1 aliphatic heterocycles. The van der Waals surface area contributed by atoms with Gasteiger partial charge in [0.25, 0.3) is 5.91 Å². The SMILES string of the molecule is Nc1nnc(C(=O)N2CCC(O)CC2)s1. The van der Waals surface area contributed by atoms with Crippen LogP contribution < -0.4 is 5.73 Å². The van der Waals surface area contributed by atoms with E-state index >= 15 is 0 Å². The number of piperidine rings is 1. The molecule has 0 spiro atoms. The molecule has 1 fully saturated rings. The third-order valence-corrected chi connectivity index (χ3v) is 3.12. The monoisotopic (exact) mass is 228 g/mol. The Balaban J connectivity index is 2.02. The quantitative estimate of drug-likeness (QED) is 0.689. The number of rotatable bonds is 1. The fourth-order valence-corrected chi connectivity index (χ4v) is 2.10. The summed E-state index contributed by atoms with van der Waals surface area (Å²) in [7, 11) is 0. The Kier molecular flexibility index (Phi) is 2.83. The molecular weight excluding hydrogens is 216 g/mol. The number of carbonyl (C=O) groups is 1. The molecule has 0 bridgehead atoms. The molecule has 0 atom stereocenters. The fourth-order valence-electron chi connectivity index (χ4n) is 1.53. The Hall–Kier alpha value is -1.21. The number of nitrogens with zero attached hydrogens (tertiary/aromatic N) is 3. The summed E-state index contributed by atoms with van der Waals surface area (Å²) in [5.41, 5.74) is 5.40. The van der Waals surface area contributed by atoms with Gasteiger partial charge in [0, 0.05) is 13.1 Å². The number of likely N-dealkylation sites (tertiary alicyclic amines) is 1. The molecule has 7 heteroatoms. The van der Waals surface area contributed by atoms with E-state index in [1.165, 1.54) is 0 Å². The average molecular weight is 228 g/mol. The molecule has 1 aromatic heterocycles. The average Bonchev–Trinajstić information content (AvgIpc) is 2.65. The Labute approximate surface area is 90.7 Å². The van der Waals surface area contributed by atoms with Crippen molar-refractivity contribution in [3.8, 4) is 0 Å². The van der Waals surface area contributed by atoms with Crippen LogP contribution in [0.3, 0.4) is 0 Å². The highest BCUT2D eigenvalue weighted by atomic mass is 32.1. The number of hydrogen-bond donors (Lipinski definition) is 2. The first-order chi connectivity index (χ1) is 7.16. The summed E-state index contributed by atoms with van der Waals surface area (Å²) in [6.45, 7) is 1.14. The maximum absolute atomic E-state index is 11.8. The van der Waals surface area contributed by atoms with Crippen LogP contribution >= 0.6 is 11.3 Å². The summed E-state index contributed by atoms with van der Waals surface area (Å²) < 4.78 is 0. The highest BCUT2D eigenvalue weighted by Crippen LogP contribution is 2.17. The minimum Gasteiger partial charge on any atom is -0.393 e.